The van der Waals surface area contributed by atoms with Gasteiger partial charge in [0.15, 0.2) is 0 Å². The van der Waals surface area contributed by atoms with Gasteiger partial charge >= 0.3 is 5.97 Å². The molecule has 6 heteroatoms. The smallest absolute Gasteiger partial charge is 0.336 e. The average molecular weight is 251 g/mol. The quantitative estimate of drug-likeness (QED) is 0.857. The van der Waals surface area contributed by atoms with Crippen LogP contribution in [0.25, 0.3) is 11.1 Å². The van der Waals surface area contributed by atoms with Gasteiger partial charge in [-0.2, -0.15) is 0 Å². The zero-order chi connectivity index (χ0) is 13.3. The Morgan fingerprint density at radius 1 is 1.17 bits per heavy atom. The number of aromatic carboxylic acids is 1. The number of H-pyrrole nitrogens is 1. The third-order valence-electron chi connectivity index (χ3n) is 2.37. The number of hydrogen-bond donors (Lipinski definition) is 2. The molecule has 0 amide bonds. The maximum absolute atomic E-state index is 13.5. The number of carboxylic acids is 1. The Balaban J connectivity index is 2.74. The van der Waals surface area contributed by atoms with Crippen LogP contribution in [0.1, 0.15) is 10.4 Å². The van der Waals surface area contributed by atoms with Crippen LogP contribution in [0, 0.1) is 11.6 Å². The number of aromatic nitrogens is 1. The van der Waals surface area contributed by atoms with E-state index in [1.807, 2.05) is 0 Å². The van der Waals surface area contributed by atoms with Gasteiger partial charge in [0.25, 0.3) is 0 Å². The van der Waals surface area contributed by atoms with Crippen LogP contribution in [0.3, 0.4) is 0 Å². The summed E-state index contributed by atoms with van der Waals surface area (Å²) in [5, 5.41) is 8.94. The van der Waals surface area contributed by atoms with Crippen molar-refractivity contribution in [3.05, 3.63) is 58.0 Å². The number of hydrogen-bond acceptors (Lipinski definition) is 2. The van der Waals surface area contributed by atoms with Crippen LogP contribution in [0.2, 0.25) is 0 Å². The second-order valence-electron chi connectivity index (χ2n) is 3.55. The lowest BCUT2D eigenvalue weighted by atomic mass is 10.0. The van der Waals surface area contributed by atoms with Crippen molar-refractivity contribution in [1.82, 2.24) is 4.98 Å². The molecule has 0 aliphatic heterocycles. The van der Waals surface area contributed by atoms with E-state index in [0.717, 1.165) is 30.5 Å². The summed E-state index contributed by atoms with van der Waals surface area (Å²) in [7, 11) is 0. The molecule has 0 fully saturated rings. The van der Waals surface area contributed by atoms with Gasteiger partial charge < -0.3 is 10.1 Å². The van der Waals surface area contributed by atoms with Crippen LogP contribution >= 0.6 is 0 Å². The Labute approximate surface area is 99.5 Å². The van der Waals surface area contributed by atoms with Gasteiger partial charge in [-0.25, -0.2) is 13.6 Å². The molecule has 92 valence electrons. The number of rotatable bonds is 2. The molecule has 0 unspecified atom stereocenters. The summed E-state index contributed by atoms with van der Waals surface area (Å²) >= 11 is 0. The monoisotopic (exact) mass is 251 g/mol. The van der Waals surface area contributed by atoms with E-state index in [0.29, 0.717) is 0 Å². The number of benzene rings is 1. The Kier molecular flexibility index (Phi) is 2.93. The minimum atomic E-state index is -1.39. The predicted molar refractivity (Wildman–Crippen MR) is 59.4 cm³/mol. The SMILES string of the molecule is O=C(O)c1cc(=O)[nH]cc1-c1cc(F)ccc1F. The van der Waals surface area contributed by atoms with Gasteiger partial charge in [0.05, 0.1) is 5.56 Å². The fourth-order valence-corrected chi connectivity index (χ4v) is 1.58. The van der Waals surface area contributed by atoms with Crippen molar-refractivity contribution in [2.45, 2.75) is 0 Å². The first kappa shape index (κ1) is 12.0. The Hall–Kier alpha value is -2.50. The van der Waals surface area contributed by atoms with E-state index in [1.54, 1.807) is 0 Å². The molecule has 1 aromatic heterocycles. The van der Waals surface area contributed by atoms with Gasteiger partial charge in [0.2, 0.25) is 5.56 Å². The zero-order valence-corrected chi connectivity index (χ0v) is 8.91. The fraction of sp³-hybridized carbons (Fsp3) is 0. The van der Waals surface area contributed by atoms with Crippen molar-refractivity contribution in [3.63, 3.8) is 0 Å². The van der Waals surface area contributed by atoms with Crippen molar-refractivity contribution < 1.29 is 18.7 Å². The van der Waals surface area contributed by atoms with Gasteiger partial charge in [-0.05, 0) is 18.2 Å². The number of aromatic amines is 1. The maximum Gasteiger partial charge on any atom is 0.336 e. The highest BCUT2D eigenvalue weighted by molar-refractivity contribution is 5.95. The van der Waals surface area contributed by atoms with Gasteiger partial charge in [-0.3, -0.25) is 4.79 Å². The summed E-state index contributed by atoms with van der Waals surface area (Å²) in [5.41, 5.74) is -1.32. The predicted octanol–water partition coefficient (Wildman–Crippen LogP) is 2.02. The molecular formula is C12H7F2NO3. The van der Waals surface area contributed by atoms with Crippen molar-refractivity contribution >= 4 is 5.97 Å². The molecule has 2 aromatic rings. The molecule has 0 atom stereocenters. The average Bonchev–Trinajstić information content (AvgIpc) is 2.32. The minimum absolute atomic E-state index is 0.0842. The van der Waals surface area contributed by atoms with E-state index in [1.165, 1.54) is 0 Å². The summed E-state index contributed by atoms with van der Waals surface area (Å²) in [6.07, 6.45) is 1.05. The molecule has 2 N–H and O–H groups in total. The van der Waals surface area contributed by atoms with E-state index in [-0.39, 0.29) is 16.7 Å². The number of carboxylic acid groups (broad SMARTS) is 1. The molecule has 1 aromatic carbocycles. The molecule has 1 heterocycles. The number of halogens is 2. The standard InChI is InChI=1S/C12H7F2NO3/c13-6-1-2-10(14)7(3-6)9-5-15-11(16)4-8(9)12(17)18/h1-5H,(H,15,16)(H,17,18). The van der Waals surface area contributed by atoms with E-state index in [4.69, 9.17) is 5.11 Å². The highest BCUT2D eigenvalue weighted by Gasteiger charge is 2.16. The lowest BCUT2D eigenvalue weighted by molar-refractivity contribution is 0.0697. The lowest BCUT2D eigenvalue weighted by Gasteiger charge is -2.06. The molecule has 0 radical (unpaired) electrons. The Morgan fingerprint density at radius 2 is 1.89 bits per heavy atom. The number of carbonyl (C=O) groups is 1. The van der Waals surface area contributed by atoms with E-state index >= 15 is 0 Å². The lowest BCUT2D eigenvalue weighted by Crippen LogP contribution is -2.10. The third-order valence-corrected chi connectivity index (χ3v) is 2.37. The first-order valence-corrected chi connectivity index (χ1v) is 4.90. The normalized spacial score (nSPS) is 10.3. The fourth-order valence-electron chi connectivity index (χ4n) is 1.58. The molecular weight excluding hydrogens is 244 g/mol. The topological polar surface area (TPSA) is 70.2 Å². The van der Waals surface area contributed by atoms with Crippen LogP contribution < -0.4 is 5.56 Å². The number of pyridine rings is 1. The summed E-state index contributed by atoms with van der Waals surface area (Å²) in [5.74, 6) is -2.86. The van der Waals surface area contributed by atoms with E-state index in [2.05, 4.69) is 4.98 Å². The first-order chi connectivity index (χ1) is 8.49. The summed E-state index contributed by atoms with van der Waals surface area (Å²) in [4.78, 5) is 24.3. The molecule has 0 saturated carbocycles. The van der Waals surface area contributed by atoms with E-state index < -0.39 is 23.2 Å². The molecule has 18 heavy (non-hydrogen) atoms. The Morgan fingerprint density at radius 3 is 2.56 bits per heavy atom. The van der Waals surface area contributed by atoms with Crippen molar-refractivity contribution in [3.8, 4) is 11.1 Å². The highest BCUT2D eigenvalue weighted by atomic mass is 19.1. The molecule has 4 nitrogen and oxygen atoms in total. The summed E-state index contributed by atoms with van der Waals surface area (Å²) < 4.78 is 26.6. The zero-order valence-electron chi connectivity index (χ0n) is 8.91. The van der Waals surface area contributed by atoms with Crippen LogP contribution in [0.15, 0.2) is 35.3 Å². The molecule has 0 aliphatic rings. The number of nitrogens with one attached hydrogen (secondary N) is 1. The van der Waals surface area contributed by atoms with Gasteiger partial charge in [-0.15, -0.1) is 0 Å². The van der Waals surface area contributed by atoms with Gasteiger partial charge in [-0.1, -0.05) is 0 Å². The van der Waals surface area contributed by atoms with Crippen LogP contribution in [0.5, 0.6) is 0 Å². The highest BCUT2D eigenvalue weighted by Crippen LogP contribution is 2.25. The molecule has 0 bridgehead atoms. The summed E-state index contributed by atoms with van der Waals surface area (Å²) in [6.45, 7) is 0. The minimum Gasteiger partial charge on any atom is -0.478 e. The molecule has 0 spiro atoms. The van der Waals surface area contributed by atoms with Crippen molar-refractivity contribution in [1.29, 1.82) is 0 Å². The molecule has 0 saturated heterocycles. The Bertz CT molecular complexity index is 679. The van der Waals surface area contributed by atoms with Crippen LogP contribution in [0.4, 0.5) is 8.78 Å². The largest absolute Gasteiger partial charge is 0.478 e. The first-order valence-electron chi connectivity index (χ1n) is 4.90. The molecule has 2 rings (SSSR count). The van der Waals surface area contributed by atoms with Gasteiger partial charge in [0.1, 0.15) is 11.6 Å². The molecule has 0 aliphatic carbocycles. The van der Waals surface area contributed by atoms with Crippen LogP contribution in [-0.2, 0) is 0 Å². The second kappa shape index (κ2) is 4.40. The van der Waals surface area contributed by atoms with Crippen molar-refractivity contribution in [2.75, 3.05) is 0 Å². The maximum atomic E-state index is 13.5. The summed E-state index contributed by atoms with van der Waals surface area (Å²) in [6, 6.07) is 3.50. The third kappa shape index (κ3) is 2.13. The van der Waals surface area contributed by atoms with Crippen LogP contribution in [-0.4, -0.2) is 16.1 Å². The van der Waals surface area contributed by atoms with Gasteiger partial charge in [0, 0.05) is 23.4 Å². The van der Waals surface area contributed by atoms with E-state index in [9.17, 15) is 18.4 Å². The van der Waals surface area contributed by atoms with Crippen molar-refractivity contribution in [2.24, 2.45) is 0 Å². The second-order valence-corrected chi connectivity index (χ2v) is 3.55.